The maximum absolute atomic E-state index is 12.9. The third kappa shape index (κ3) is 13.1. The lowest BCUT2D eigenvalue weighted by atomic mass is 9.88. The molecule has 5 heterocycles. The molecule has 31 heteroatoms. The van der Waals surface area contributed by atoms with Crippen molar-refractivity contribution in [3.8, 4) is 0 Å². The fourth-order valence-corrected chi connectivity index (χ4v) is 9.09. The van der Waals surface area contributed by atoms with E-state index in [2.05, 4.69) is 16.0 Å². The summed E-state index contributed by atoms with van der Waals surface area (Å²) >= 11 is 0. The minimum absolute atomic E-state index is 0.604. The Morgan fingerprint density at radius 1 is 0.592 bits per heavy atom. The van der Waals surface area contributed by atoms with Crippen LogP contribution in [0.4, 0.5) is 0 Å². The van der Waals surface area contributed by atoms with Crippen molar-refractivity contribution < 1.29 is 138 Å². The number of aliphatic hydroxyl groups is 14. The summed E-state index contributed by atoms with van der Waals surface area (Å²) in [6.45, 7) is -0.00998. The van der Waals surface area contributed by atoms with Gasteiger partial charge in [0, 0.05) is 27.2 Å². The maximum Gasteiger partial charge on any atom is 0.364 e. The van der Waals surface area contributed by atoms with E-state index in [1.54, 1.807) is 0 Å². The molecule has 71 heavy (non-hydrogen) atoms. The number of ether oxygens (including phenoxy) is 9. The molecule has 0 aromatic heterocycles. The number of carbonyl (C=O) groups excluding carboxylic acids is 3. The zero-order chi connectivity index (χ0) is 53.0. The number of hydrogen-bond acceptors (Lipinski definition) is 27. The summed E-state index contributed by atoms with van der Waals surface area (Å²) in [7, 11) is 0. The molecule has 410 valence electrons. The fraction of sp³-hybridized carbons (Fsp3) is 0.900. The summed E-state index contributed by atoms with van der Waals surface area (Å²) in [5, 5.41) is 167. The van der Waals surface area contributed by atoms with Crippen molar-refractivity contribution in [1.29, 1.82) is 0 Å². The normalized spacial score (nSPS) is 45.0. The number of carbonyl (C=O) groups is 4. The monoisotopic (exact) mass is 1040 g/mol. The lowest BCUT2D eigenvalue weighted by Gasteiger charge is -2.51. The Balaban J connectivity index is 1.36. The summed E-state index contributed by atoms with van der Waals surface area (Å²) in [5.41, 5.74) is 0. The molecule has 0 aromatic rings. The molecule has 10 unspecified atom stereocenters. The minimum Gasteiger partial charge on any atom is -0.477 e. The van der Waals surface area contributed by atoms with E-state index in [1.807, 2.05) is 0 Å². The molecule has 0 bridgehead atoms. The molecule has 18 N–H and O–H groups in total. The van der Waals surface area contributed by atoms with Gasteiger partial charge >= 0.3 is 5.97 Å². The van der Waals surface area contributed by atoms with E-state index in [1.165, 1.54) is 6.92 Å². The van der Waals surface area contributed by atoms with Crippen LogP contribution in [0.1, 0.15) is 34.1 Å². The molecular formula is C40H67N3O28. The van der Waals surface area contributed by atoms with E-state index < -0.39 is 222 Å². The van der Waals surface area contributed by atoms with Gasteiger partial charge in [-0.15, -0.1) is 0 Å². The zero-order valence-corrected chi connectivity index (χ0v) is 38.7. The third-order valence-corrected chi connectivity index (χ3v) is 12.8. The zero-order valence-electron chi connectivity index (χ0n) is 38.7. The molecule has 26 atom stereocenters. The molecule has 0 aromatic carbocycles. The number of hydrogen-bond donors (Lipinski definition) is 18. The number of aliphatic carboxylic acids is 1. The highest BCUT2D eigenvalue weighted by Crippen LogP contribution is 2.39. The Bertz CT molecular complexity index is 1770. The van der Waals surface area contributed by atoms with Crippen molar-refractivity contribution in [3.05, 3.63) is 0 Å². The molecular weight excluding hydrogens is 970 g/mol. The maximum atomic E-state index is 12.9. The van der Waals surface area contributed by atoms with Crippen LogP contribution >= 0.6 is 0 Å². The average molecular weight is 1040 g/mol. The Kier molecular flexibility index (Phi) is 20.7. The summed E-state index contributed by atoms with van der Waals surface area (Å²) in [6, 6.07) is -4.44. The van der Waals surface area contributed by atoms with Gasteiger partial charge in [0.15, 0.2) is 18.9 Å². The van der Waals surface area contributed by atoms with E-state index in [0.29, 0.717) is 0 Å². The predicted molar refractivity (Wildman–Crippen MR) is 222 cm³/mol. The van der Waals surface area contributed by atoms with Crippen molar-refractivity contribution in [1.82, 2.24) is 16.0 Å². The average Bonchev–Trinajstić information content (AvgIpc) is 3.31. The second-order valence-corrected chi connectivity index (χ2v) is 17.9. The van der Waals surface area contributed by atoms with Gasteiger partial charge in [0.1, 0.15) is 110 Å². The molecule has 5 fully saturated rings. The predicted octanol–water partition coefficient (Wildman–Crippen LogP) is -11.2. The second-order valence-electron chi connectivity index (χ2n) is 17.9. The first-order valence-electron chi connectivity index (χ1n) is 22.5. The number of rotatable bonds is 19. The molecule has 5 saturated heterocycles. The summed E-state index contributed by atoms with van der Waals surface area (Å²) in [5.74, 6) is -7.38. The highest BCUT2D eigenvalue weighted by atomic mass is 16.8. The molecule has 5 aliphatic rings. The van der Waals surface area contributed by atoms with Gasteiger partial charge in [-0.25, -0.2) is 4.79 Å². The van der Waals surface area contributed by atoms with E-state index >= 15 is 0 Å². The first-order chi connectivity index (χ1) is 33.3. The van der Waals surface area contributed by atoms with Crippen molar-refractivity contribution in [2.24, 2.45) is 0 Å². The van der Waals surface area contributed by atoms with Crippen molar-refractivity contribution in [2.75, 3.05) is 33.0 Å². The van der Waals surface area contributed by atoms with Crippen LogP contribution in [0.25, 0.3) is 0 Å². The Morgan fingerprint density at radius 3 is 1.65 bits per heavy atom. The summed E-state index contributed by atoms with van der Waals surface area (Å²) in [4.78, 5) is 49.7. The number of carboxylic acids is 1. The topological polar surface area (TPSA) is 491 Å². The second kappa shape index (κ2) is 25.0. The SMILES string of the molecule is CC(=O)NC1[C@H](OCC2O[C@H](C)C(NC(C)=O)[C@@H](O[C@@H]3OC(CO)[C@H](O)[C@H](O)C3O)[C@H]2O)OC(CO)[C@@H](O[C@@H]2OC(CO)[C@H](O)[C@H](O[C@]3(C(=O)O)CC(O)[C@H](NC(C)=O)C([C@H](O)[C@H](O)CO)O3)C2O)[C@@H]1O. The lowest BCUT2D eigenvalue weighted by Crippen LogP contribution is -2.71. The summed E-state index contributed by atoms with van der Waals surface area (Å²) in [6.07, 6.45) is -41.7. The van der Waals surface area contributed by atoms with Gasteiger partial charge < -0.3 is 135 Å². The molecule has 31 nitrogen and oxygen atoms in total. The number of aliphatic hydroxyl groups excluding tert-OH is 14. The Hall–Kier alpha value is -3.04. The van der Waals surface area contributed by atoms with Gasteiger partial charge in [0.25, 0.3) is 5.79 Å². The lowest BCUT2D eigenvalue weighted by molar-refractivity contribution is -0.383. The quantitative estimate of drug-likeness (QED) is 0.0571. The van der Waals surface area contributed by atoms with Crippen molar-refractivity contribution in [3.63, 3.8) is 0 Å². The molecule has 0 saturated carbocycles. The molecule has 5 rings (SSSR count). The van der Waals surface area contributed by atoms with E-state index in [9.17, 15) is 95.8 Å². The molecule has 0 spiro atoms. The molecule has 0 radical (unpaired) electrons. The van der Waals surface area contributed by atoms with Gasteiger partial charge in [-0.3, -0.25) is 14.4 Å². The first kappa shape index (κ1) is 58.8. The molecule has 0 aliphatic carbocycles. The van der Waals surface area contributed by atoms with Crippen LogP contribution < -0.4 is 16.0 Å². The smallest absolute Gasteiger partial charge is 0.364 e. The van der Waals surface area contributed by atoms with E-state index in [-0.39, 0.29) is 0 Å². The van der Waals surface area contributed by atoms with Gasteiger partial charge in [0.2, 0.25) is 17.7 Å². The number of carboxylic acid groups (broad SMARTS) is 1. The van der Waals surface area contributed by atoms with Crippen LogP contribution in [0.2, 0.25) is 0 Å². The molecule has 3 amide bonds. The fourth-order valence-electron chi connectivity index (χ4n) is 9.09. The Labute approximate surface area is 403 Å². The van der Waals surface area contributed by atoms with Crippen molar-refractivity contribution >= 4 is 23.7 Å². The largest absolute Gasteiger partial charge is 0.477 e. The van der Waals surface area contributed by atoms with Gasteiger partial charge in [0.05, 0.1) is 57.3 Å². The van der Waals surface area contributed by atoms with Gasteiger partial charge in [-0.2, -0.15) is 0 Å². The van der Waals surface area contributed by atoms with Crippen LogP contribution in [-0.4, -0.2) is 292 Å². The summed E-state index contributed by atoms with van der Waals surface area (Å²) < 4.78 is 51.9. The van der Waals surface area contributed by atoms with Gasteiger partial charge in [-0.05, 0) is 6.92 Å². The van der Waals surface area contributed by atoms with Crippen molar-refractivity contribution in [2.45, 2.75) is 193 Å². The van der Waals surface area contributed by atoms with Crippen LogP contribution in [0, 0.1) is 0 Å². The Morgan fingerprint density at radius 2 is 1.10 bits per heavy atom. The highest BCUT2D eigenvalue weighted by molar-refractivity contribution is 5.77. The minimum atomic E-state index is -3.14. The van der Waals surface area contributed by atoms with E-state index in [0.717, 1.165) is 20.8 Å². The molecule has 5 aliphatic heterocycles. The van der Waals surface area contributed by atoms with Crippen LogP contribution in [0.5, 0.6) is 0 Å². The van der Waals surface area contributed by atoms with Crippen LogP contribution in [0.15, 0.2) is 0 Å². The highest BCUT2D eigenvalue weighted by Gasteiger charge is 2.61. The standard InChI is InChI=1S/C40H67N3O28/c1-11-21(41-12(2)48)33(69-37-30(59)29(58)25(54)17(7-45)65-37)27(56)20(64-11)10-63-36-23(43-14(4)50)28(57)32(19(9-47)67-36)68-38-31(60)35(26(55)18(8-46)66-38)71-40(39(61)62)5-15(51)22(42-13(3)49)34(70-40)24(53)16(52)6-44/h11,15-38,44-47,51-60H,5-10H2,1-4H3,(H,41,48)(H,42,49)(H,43,50)(H,61,62)/t11-,15?,16-,17?,18?,19?,20?,21?,22+,23?,24-,25+,26+,27+,28-,29+,30?,31?,32-,33-,34?,35+,36-,37+,38+,40+/m1/s1. The van der Waals surface area contributed by atoms with E-state index in [4.69, 9.17) is 42.6 Å². The van der Waals surface area contributed by atoms with Crippen LogP contribution in [-0.2, 0) is 61.8 Å². The first-order valence-corrected chi connectivity index (χ1v) is 22.5. The van der Waals surface area contributed by atoms with Gasteiger partial charge in [-0.1, -0.05) is 0 Å². The number of amides is 3. The number of nitrogens with one attached hydrogen (secondary N) is 3. The van der Waals surface area contributed by atoms with Crippen LogP contribution in [0.3, 0.4) is 0 Å². The third-order valence-electron chi connectivity index (χ3n) is 12.8.